The van der Waals surface area contributed by atoms with Gasteiger partial charge in [-0.1, -0.05) is 6.07 Å². The van der Waals surface area contributed by atoms with E-state index in [0.717, 1.165) is 36.2 Å². The van der Waals surface area contributed by atoms with E-state index >= 15 is 0 Å². The first-order chi connectivity index (χ1) is 14.3. The zero-order valence-corrected chi connectivity index (χ0v) is 17.7. The number of carbonyl (C=O) groups excluding carboxylic acids is 2. The number of hydrogen-bond donors (Lipinski definition) is 0. The third-order valence-electron chi connectivity index (χ3n) is 4.63. The molecule has 0 heterocycles. The summed E-state index contributed by atoms with van der Waals surface area (Å²) in [6.07, 6.45) is -3.86. The van der Waals surface area contributed by atoms with E-state index in [-0.39, 0.29) is 27.9 Å². The molecule has 0 fully saturated rings. The van der Waals surface area contributed by atoms with Crippen molar-refractivity contribution in [3.05, 3.63) is 58.7 Å². The van der Waals surface area contributed by atoms with Gasteiger partial charge in [-0.25, -0.2) is 22.4 Å². The second kappa shape index (κ2) is 9.21. The Labute approximate surface area is 178 Å². The van der Waals surface area contributed by atoms with Crippen LogP contribution in [0.15, 0.2) is 35.2 Å². The smallest absolute Gasteiger partial charge is 0.297 e. The number of halogens is 6. The minimum atomic E-state index is -4.29. The molecule has 0 aliphatic rings. The first-order valence-corrected chi connectivity index (χ1v) is 9.56. The maximum Gasteiger partial charge on any atom is 0.357 e. The lowest BCUT2D eigenvalue weighted by molar-refractivity contribution is -0.0563. The third kappa shape index (κ3) is 4.97. The predicted molar refractivity (Wildman–Crippen MR) is 105 cm³/mol. The summed E-state index contributed by atoms with van der Waals surface area (Å²) in [6, 6.07) is 4.27. The lowest BCUT2D eigenvalue weighted by atomic mass is 10.1. The number of rotatable bonds is 5. The van der Waals surface area contributed by atoms with Crippen LogP contribution in [-0.4, -0.2) is 42.6 Å². The van der Waals surface area contributed by atoms with Crippen molar-refractivity contribution >= 4 is 29.4 Å². The van der Waals surface area contributed by atoms with Gasteiger partial charge in [0.1, 0.15) is 17.2 Å². The Kier molecular flexibility index (Phi) is 7.30. The van der Waals surface area contributed by atoms with Gasteiger partial charge >= 0.3 is 17.7 Å². The number of alkyl halides is 4. The van der Waals surface area contributed by atoms with Crippen LogP contribution in [0.2, 0.25) is 0 Å². The zero-order valence-electron chi connectivity index (χ0n) is 16.9. The third-order valence-corrected chi connectivity index (χ3v) is 5.74. The molecule has 0 atom stereocenters. The van der Waals surface area contributed by atoms with E-state index in [0.29, 0.717) is 10.5 Å². The van der Waals surface area contributed by atoms with Gasteiger partial charge in [-0.3, -0.25) is 14.6 Å². The number of hydrogen-bond acceptors (Lipinski definition) is 3. The fraction of sp³-hybridized carbons (Fsp3) is 0.300. The Bertz CT molecular complexity index is 995. The van der Waals surface area contributed by atoms with E-state index in [1.54, 1.807) is 0 Å². The molecule has 0 radical (unpaired) electrons. The van der Waals surface area contributed by atoms with Crippen molar-refractivity contribution in [1.29, 1.82) is 0 Å². The Hall–Kier alpha value is -2.69. The van der Waals surface area contributed by atoms with Gasteiger partial charge in [0, 0.05) is 24.7 Å². The van der Waals surface area contributed by atoms with Gasteiger partial charge in [-0.05, 0) is 61.0 Å². The highest BCUT2D eigenvalue weighted by Gasteiger charge is 2.42. The van der Waals surface area contributed by atoms with Crippen LogP contribution in [0.3, 0.4) is 0 Å². The van der Waals surface area contributed by atoms with Crippen molar-refractivity contribution in [2.45, 2.75) is 30.4 Å². The topological polar surface area (TPSA) is 40.6 Å². The van der Waals surface area contributed by atoms with Crippen LogP contribution in [0.25, 0.3) is 0 Å². The number of imide groups is 1. The average Bonchev–Trinajstić information content (AvgIpc) is 2.69. The molecule has 0 spiro atoms. The molecule has 0 aliphatic heterocycles. The molecule has 4 nitrogen and oxygen atoms in total. The van der Waals surface area contributed by atoms with E-state index in [9.17, 15) is 35.9 Å². The zero-order chi connectivity index (χ0) is 23.7. The van der Waals surface area contributed by atoms with Gasteiger partial charge in [0.25, 0.3) is 5.91 Å². The van der Waals surface area contributed by atoms with E-state index in [1.165, 1.54) is 27.0 Å². The Morgan fingerprint density at radius 3 is 2.03 bits per heavy atom. The van der Waals surface area contributed by atoms with Crippen LogP contribution in [0.5, 0.6) is 0 Å². The van der Waals surface area contributed by atoms with Crippen molar-refractivity contribution in [2.75, 3.05) is 19.0 Å². The summed E-state index contributed by atoms with van der Waals surface area (Å²) in [4.78, 5) is 26.5. The van der Waals surface area contributed by atoms with Crippen LogP contribution >= 0.6 is 11.8 Å². The molecule has 3 amide bonds. The number of benzene rings is 2. The monoisotopic (exact) mass is 464 g/mol. The summed E-state index contributed by atoms with van der Waals surface area (Å²) in [5.41, 5.74) is -0.151. The molecule has 0 aromatic heterocycles. The van der Waals surface area contributed by atoms with E-state index in [4.69, 9.17) is 0 Å². The lowest BCUT2D eigenvalue weighted by Crippen LogP contribution is -2.43. The maximum atomic E-state index is 13.9. The second-order valence-electron chi connectivity index (χ2n) is 6.60. The largest absolute Gasteiger partial charge is 0.357 e. The van der Waals surface area contributed by atoms with E-state index < -0.39 is 40.8 Å². The van der Waals surface area contributed by atoms with Gasteiger partial charge in [-0.15, -0.1) is 0 Å². The molecule has 0 saturated heterocycles. The van der Waals surface area contributed by atoms with E-state index in [1.807, 2.05) is 0 Å². The molecule has 0 N–H and O–H groups in total. The van der Waals surface area contributed by atoms with Crippen molar-refractivity contribution in [1.82, 2.24) is 4.90 Å². The lowest BCUT2D eigenvalue weighted by Gasteiger charge is -2.26. The second-order valence-corrected chi connectivity index (χ2v) is 7.79. The average molecular weight is 464 g/mol. The molecular weight excluding hydrogens is 446 g/mol. The van der Waals surface area contributed by atoms with Crippen LogP contribution < -0.4 is 4.90 Å². The Balaban J connectivity index is 2.32. The molecule has 0 aliphatic carbocycles. The summed E-state index contributed by atoms with van der Waals surface area (Å²) in [7, 11) is 2.30. The number of urea groups is 1. The fourth-order valence-corrected chi connectivity index (χ4v) is 3.56. The van der Waals surface area contributed by atoms with E-state index in [2.05, 4.69) is 0 Å². The standard InChI is InChI=1S/C20H18F6N2O2S/c1-10-11(2)15(31-20(25,26)18(23)24)9-8-14(10)27(3)19(30)28(4)17(29)16-12(21)6-5-7-13(16)22/h5-9,18H,1-4H3. The first kappa shape index (κ1) is 24.6. The minimum absolute atomic E-state index is 0.106. The van der Waals surface area contributed by atoms with Gasteiger partial charge < -0.3 is 0 Å². The highest BCUT2D eigenvalue weighted by Crippen LogP contribution is 2.43. The number of carbonyl (C=O) groups is 2. The summed E-state index contributed by atoms with van der Waals surface area (Å²) in [6.45, 7) is 2.90. The summed E-state index contributed by atoms with van der Waals surface area (Å²) in [5.74, 6) is -3.49. The number of anilines is 1. The van der Waals surface area contributed by atoms with Crippen molar-refractivity contribution in [3.8, 4) is 0 Å². The Morgan fingerprint density at radius 1 is 0.968 bits per heavy atom. The molecule has 0 unspecified atom stereocenters. The quantitative estimate of drug-likeness (QED) is 0.411. The summed E-state index contributed by atoms with van der Waals surface area (Å²) in [5, 5.41) is -4.29. The molecule has 2 aromatic rings. The van der Waals surface area contributed by atoms with Gasteiger partial charge in [0.2, 0.25) is 0 Å². The van der Waals surface area contributed by atoms with Gasteiger partial charge in [0.05, 0.1) is 0 Å². The maximum absolute atomic E-state index is 13.9. The summed E-state index contributed by atoms with van der Waals surface area (Å²) >= 11 is -0.299. The first-order valence-electron chi connectivity index (χ1n) is 8.74. The number of thioether (sulfide) groups is 1. The highest BCUT2D eigenvalue weighted by atomic mass is 32.2. The molecular formula is C20H18F6N2O2S. The molecule has 0 saturated carbocycles. The van der Waals surface area contributed by atoms with Gasteiger partial charge in [-0.2, -0.15) is 8.78 Å². The predicted octanol–water partition coefficient (Wildman–Crippen LogP) is 5.86. The Morgan fingerprint density at radius 2 is 1.52 bits per heavy atom. The van der Waals surface area contributed by atoms with Crippen LogP contribution in [-0.2, 0) is 0 Å². The van der Waals surface area contributed by atoms with Crippen LogP contribution in [0.1, 0.15) is 21.5 Å². The number of amides is 3. The number of nitrogens with zero attached hydrogens (tertiary/aromatic N) is 2. The molecule has 11 heteroatoms. The van der Waals surface area contributed by atoms with Crippen LogP contribution in [0, 0.1) is 25.5 Å². The minimum Gasteiger partial charge on any atom is -0.297 e. The van der Waals surface area contributed by atoms with Gasteiger partial charge in [0.15, 0.2) is 0 Å². The highest BCUT2D eigenvalue weighted by molar-refractivity contribution is 8.00. The molecule has 168 valence electrons. The fourth-order valence-electron chi connectivity index (χ4n) is 2.73. The SMILES string of the molecule is Cc1c(SC(F)(F)C(F)F)ccc(N(C)C(=O)N(C)C(=O)c2c(F)cccc2F)c1C. The normalized spacial score (nSPS) is 11.6. The molecule has 31 heavy (non-hydrogen) atoms. The molecule has 2 rings (SSSR count). The van der Waals surface area contributed by atoms with Crippen molar-refractivity contribution < 1.29 is 35.9 Å². The summed E-state index contributed by atoms with van der Waals surface area (Å²) < 4.78 is 79.5. The van der Waals surface area contributed by atoms with Crippen LogP contribution in [0.4, 0.5) is 36.8 Å². The van der Waals surface area contributed by atoms with Crippen molar-refractivity contribution in [3.63, 3.8) is 0 Å². The molecule has 0 bridgehead atoms. The molecule has 2 aromatic carbocycles. The van der Waals surface area contributed by atoms with Crippen molar-refractivity contribution in [2.24, 2.45) is 0 Å².